The summed E-state index contributed by atoms with van der Waals surface area (Å²) < 4.78 is 0. The Morgan fingerprint density at radius 2 is 1.88 bits per heavy atom. The summed E-state index contributed by atoms with van der Waals surface area (Å²) in [4.78, 5) is 23.1. The number of ketones is 2. The van der Waals surface area contributed by atoms with Crippen LogP contribution in [-0.2, 0) is 4.79 Å². The third-order valence-corrected chi connectivity index (χ3v) is 2.55. The summed E-state index contributed by atoms with van der Waals surface area (Å²) in [6.07, 6.45) is 0.767. The van der Waals surface area contributed by atoms with Gasteiger partial charge in [0, 0.05) is 29.4 Å². The van der Waals surface area contributed by atoms with Gasteiger partial charge in [0.25, 0.3) is 0 Å². The van der Waals surface area contributed by atoms with Crippen LogP contribution in [0.25, 0.3) is 5.70 Å². The largest absolute Gasteiger partial charge is 0.392 e. The molecule has 1 aromatic carbocycles. The van der Waals surface area contributed by atoms with Crippen molar-refractivity contribution in [3.63, 3.8) is 0 Å². The van der Waals surface area contributed by atoms with Gasteiger partial charge in [0.15, 0.2) is 0 Å². The van der Waals surface area contributed by atoms with E-state index in [1.165, 1.54) is 6.08 Å². The minimum atomic E-state index is -0.531. The van der Waals surface area contributed by atoms with E-state index in [9.17, 15) is 14.7 Å². The van der Waals surface area contributed by atoms with E-state index < -0.39 is 17.7 Å². The molecule has 0 radical (unpaired) electrons. The van der Waals surface area contributed by atoms with Crippen LogP contribution >= 0.6 is 0 Å². The normalized spacial score (nSPS) is 16.2. The summed E-state index contributed by atoms with van der Waals surface area (Å²) in [5.41, 5.74) is 1.71. The predicted octanol–water partition coefficient (Wildman–Crippen LogP) is 0.763. The minimum absolute atomic E-state index is 0.335. The van der Waals surface area contributed by atoms with E-state index in [0.717, 1.165) is 0 Å². The first-order valence-corrected chi connectivity index (χ1v) is 5.41. The third kappa shape index (κ3) is 2.26. The second kappa shape index (κ2) is 4.51. The highest BCUT2D eigenvalue weighted by Crippen LogP contribution is 2.22. The molecule has 0 heterocycles. The van der Waals surface area contributed by atoms with Crippen LogP contribution in [0.1, 0.15) is 22.8 Å². The topological polar surface area (TPSA) is 66.4 Å². The maximum atomic E-state index is 11.6. The van der Waals surface area contributed by atoms with Crippen molar-refractivity contribution in [3.8, 4) is 0 Å². The number of carbonyl (C=O) groups is 2. The fourth-order valence-electron chi connectivity index (χ4n) is 1.73. The van der Waals surface area contributed by atoms with Crippen molar-refractivity contribution in [3.05, 3.63) is 41.5 Å². The van der Waals surface area contributed by atoms with Gasteiger partial charge in [-0.15, -0.1) is 0 Å². The van der Waals surface area contributed by atoms with E-state index in [1.54, 1.807) is 31.2 Å². The van der Waals surface area contributed by atoms with Gasteiger partial charge in [-0.3, -0.25) is 9.59 Å². The smallest absolute Gasteiger partial charge is 0.233 e. The molecule has 0 spiro atoms. The van der Waals surface area contributed by atoms with Crippen LogP contribution < -0.4 is 5.32 Å². The molecule has 0 amide bonds. The predicted molar refractivity (Wildman–Crippen MR) is 63.4 cm³/mol. The first-order chi connectivity index (χ1) is 8.09. The highest BCUT2D eigenvalue weighted by atomic mass is 16.3. The molecule has 0 fully saturated rings. The molecule has 88 valence electrons. The monoisotopic (exact) mass is 231 g/mol. The zero-order valence-corrected chi connectivity index (χ0v) is 9.43. The molecule has 1 aliphatic rings. The maximum absolute atomic E-state index is 11.6. The van der Waals surface area contributed by atoms with Crippen molar-refractivity contribution in [1.82, 2.24) is 5.32 Å². The standard InChI is InChI=1S/C13H13NO3/c1-8(15)7-14-11-6-12(16)13(17)10-5-3-2-4-9(10)11/h2-6,8,14-15H,7H2,1H3. The lowest BCUT2D eigenvalue weighted by Crippen LogP contribution is -2.28. The van der Waals surface area contributed by atoms with E-state index in [2.05, 4.69) is 5.32 Å². The molecule has 0 saturated heterocycles. The molecule has 0 saturated carbocycles. The molecule has 1 atom stereocenters. The molecule has 4 heteroatoms. The number of hydrogen-bond acceptors (Lipinski definition) is 4. The van der Waals surface area contributed by atoms with Crippen LogP contribution in [0.5, 0.6) is 0 Å². The van der Waals surface area contributed by atoms with E-state index in [4.69, 9.17) is 0 Å². The van der Waals surface area contributed by atoms with E-state index in [1.807, 2.05) is 0 Å². The Morgan fingerprint density at radius 1 is 1.24 bits per heavy atom. The summed E-state index contributed by atoms with van der Waals surface area (Å²) in [7, 11) is 0. The van der Waals surface area contributed by atoms with E-state index in [0.29, 0.717) is 23.4 Å². The molecule has 1 aromatic rings. The molecule has 4 nitrogen and oxygen atoms in total. The van der Waals surface area contributed by atoms with Gasteiger partial charge in [0.2, 0.25) is 11.6 Å². The number of benzene rings is 1. The molecular formula is C13H13NO3. The van der Waals surface area contributed by atoms with Crippen LogP contribution in [0, 0.1) is 0 Å². The van der Waals surface area contributed by atoms with Crippen LogP contribution in [0.3, 0.4) is 0 Å². The molecule has 1 aliphatic carbocycles. The van der Waals surface area contributed by atoms with Crippen LogP contribution in [0.15, 0.2) is 30.3 Å². The zero-order valence-electron chi connectivity index (χ0n) is 9.43. The highest BCUT2D eigenvalue weighted by Gasteiger charge is 2.25. The molecule has 0 aromatic heterocycles. The Balaban J connectivity index is 2.36. The van der Waals surface area contributed by atoms with Crippen molar-refractivity contribution in [2.45, 2.75) is 13.0 Å². The SMILES string of the molecule is CC(O)CNC1=CC(=O)C(=O)c2ccccc21. The number of fused-ring (bicyclic) bond motifs is 1. The molecule has 2 rings (SSSR count). The van der Waals surface area contributed by atoms with Crippen molar-refractivity contribution in [1.29, 1.82) is 0 Å². The van der Waals surface area contributed by atoms with Crippen LogP contribution in [0.4, 0.5) is 0 Å². The molecule has 2 N–H and O–H groups in total. The summed E-state index contributed by atoms with van der Waals surface area (Å²) in [5.74, 6) is -1.01. The van der Waals surface area contributed by atoms with Gasteiger partial charge in [-0.05, 0) is 6.92 Å². The van der Waals surface area contributed by atoms with Gasteiger partial charge in [0.1, 0.15) is 0 Å². The first kappa shape index (κ1) is 11.5. The van der Waals surface area contributed by atoms with Crippen LogP contribution in [-0.4, -0.2) is 29.3 Å². The number of rotatable bonds is 3. The van der Waals surface area contributed by atoms with Gasteiger partial charge in [-0.2, -0.15) is 0 Å². The lowest BCUT2D eigenvalue weighted by molar-refractivity contribution is -0.111. The fraction of sp³-hybridized carbons (Fsp3) is 0.231. The number of aliphatic hydroxyl groups is 1. The van der Waals surface area contributed by atoms with Crippen molar-refractivity contribution < 1.29 is 14.7 Å². The van der Waals surface area contributed by atoms with E-state index >= 15 is 0 Å². The number of carbonyl (C=O) groups excluding carboxylic acids is 2. The fourth-order valence-corrected chi connectivity index (χ4v) is 1.73. The van der Waals surface area contributed by atoms with Gasteiger partial charge in [0.05, 0.1) is 6.10 Å². The molecule has 0 aliphatic heterocycles. The van der Waals surface area contributed by atoms with Gasteiger partial charge in [-0.25, -0.2) is 0 Å². The number of allylic oxidation sites excluding steroid dienone is 1. The first-order valence-electron chi connectivity index (χ1n) is 5.41. The molecule has 1 unspecified atom stereocenters. The van der Waals surface area contributed by atoms with Crippen molar-refractivity contribution in [2.75, 3.05) is 6.54 Å². The quantitative estimate of drug-likeness (QED) is 0.754. The summed E-state index contributed by atoms with van der Waals surface area (Å²) >= 11 is 0. The summed E-state index contributed by atoms with van der Waals surface area (Å²) in [6, 6.07) is 6.94. The van der Waals surface area contributed by atoms with E-state index in [-0.39, 0.29) is 0 Å². The average Bonchev–Trinajstić information content (AvgIpc) is 2.32. The second-order valence-electron chi connectivity index (χ2n) is 4.03. The summed E-state index contributed by atoms with van der Waals surface area (Å²) in [5, 5.41) is 12.2. The molecule has 0 bridgehead atoms. The Hall–Kier alpha value is -1.94. The minimum Gasteiger partial charge on any atom is -0.392 e. The number of nitrogens with one attached hydrogen (secondary N) is 1. The Morgan fingerprint density at radius 3 is 2.53 bits per heavy atom. The maximum Gasteiger partial charge on any atom is 0.233 e. The van der Waals surface area contributed by atoms with Gasteiger partial charge < -0.3 is 10.4 Å². The summed E-state index contributed by atoms with van der Waals surface area (Å²) in [6.45, 7) is 1.98. The third-order valence-electron chi connectivity index (χ3n) is 2.55. The zero-order chi connectivity index (χ0) is 12.4. The second-order valence-corrected chi connectivity index (χ2v) is 4.03. The Labute approximate surface area is 99.0 Å². The van der Waals surface area contributed by atoms with Crippen molar-refractivity contribution >= 4 is 17.3 Å². The molecular weight excluding hydrogens is 218 g/mol. The number of Topliss-reactive ketones (excluding diaryl/α,β-unsaturated/α-hetero) is 1. The lowest BCUT2D eigenvalue weighted by atomic mass is 9.93. The number of hydrogen-bond donors (Lipinski definition) is 2. The highest BCUT2D eigenvalue weighted by molar-refractivity contribution is 6.50. The lowest BCUT2D eigenvalue weighted by Gasteiger charge is -2.18. The number of aliphatic hydroxyl groups excluding tert-OH is 1. The van der Waals surface area contributed by atoms with Crippen LogP contribution in [0.2, 0.25) is 0 Å². The molecule has 17 heavy (non-hydrogen) atoms. The Kier molecular flexibility index (Phi) is 3.06. The van der Waals surface area contributed by atoms with Crippen molar-refractivity contribution in [2.24, 2.45) is 0 Å². The average molecular weight is 231 g/mol. The Bertz CT molecular complexity index is 503. The van der Waals surface area contributed by atoms with Gasteiger partial charge >= 0.3 is 0 Å². The van der Waals surface area contributed by atoms with Gasteiger partial charge in [-0.1, -0.05) is 24.3 Å².